The van der Waals surface area contributed by atoms with E-state index in [9.17, 15) is 4.79 Å². The first-order valence-corrected chi connectivity index (χ1v) is 6.53. The van der Waals surface area contributed by atoms with Gasteiger partial charge in [0.25, 0.3) is 0 Å². The van der Waals surface area contributed by atoms with Crippen molar-refractivity contribution in [3.8, 4) is 0 Å². The summed E-state index contributed by atoms with van der Waals surface area (Å²) in [7, 11) is 1.39. The van der Waals surface area contributed by atoms with Gasteiger partial charge in [-0.2, -0.15) is 5.10 Å². The summed E-state index contributed by atoms with van der Waals surface area (Å²) in [5.74, 6) is 0.559. The summed E-state index contributed by atoms with van der Waals surface area (Å²) in [5.41, 5.74) is 5.56. The Morgan fingerprint density at radius 1 is 1.63 bits per heavy atom. The minimum absolute atomic E-state index is 0.202. The number of anilines is 1. The van der Waals surface area contributed by atoms with Crippen LogP contribution in [0.25, 0.3) is 0 Å². The first-order valence-electron chi connectivity index (χ1n) is 6.53. The fourth-order valence-corrected chi connectivity index (χ4v) is 2.34. The Hall–Kier alpha value is -1.76. The van der Waals surface area contributed by atoms with Crippen LogP contribution in [0.4, 0.5) is 10.6 Å². The largest absolute Gasteiger partial charge is 0.453 e. The third-order valence-corrected chi connectivity index (χ3v) is 3.30. The van der Waals surface area contributed by atoms with Gasteiger partial charge in [-0.3, -0.25) is 4.68 Å². The molecule has 106 valence electrons. The molecular weight excluding hydrogens is 246 g/mol. The van der Waals surface area contributed by atoms with Crippen LogP contribution < -0.4 is 11.1 Å². The smallest absolute Gasteiger partial charge is 0.407 e. The number of nitrogens with two attached hydrogens (primary N) is 1. The van der Waals surface area contributed by atoms with Crippen molar-refractivity contribution in [3.63, 3.8) is 0 Å². The number of aromatic nitrogens is 2. The lowest BCUT2D eigenvalue weighted by molar-refractivity contribution is 0.166. The zero-order chi connectivity index (χ0) is 13.7. The molecule has 0 radical (unpaired) electrons. The second kappa shape index (κ2) is 6.42. The van der Waals surface area contributed by atoms with Gasteiger partial charge in [-0.05, 0) is 25.5 Å². The molecule has 0 aliphatic carbocycles. The molecule has 1 saturated heterocycles. The molecule has 0 saturated carbocycles. The second-order valence-corrected chi connectivity index (χ2v) is 4.78. The molecular formula is C12H21N5O2. The van der Waals surface area contributed by atoms with Crippen LogP contribution >= 0.6 is 0 Å². The van der Waals surface area contributed by atoms with Gasteiger partial charge in [-0.15, -0.1) is 0 Å². The Balaban J connectivity index is 1.64. The van der Waals surface area contributed by atoms with Gasteiger partial charge < -0.3 is 20.7 Å². The van der Waals surface area contributed by atoms with Crippen molar-refractivity contribution in [2.45, 2.75) is 25.4 Å². The lowest BCUT2D eigenvalue weighted by Crippen LogP contribution is -2.37. The van der Waals surface area contributed by atoms with E-state index in [1.165, 1.54) is 7.11 Å². The van der Waals surface area contributed by atoms with E-state index >= 15 is 0 Å². The number of nitrogen functional groups attached to an aromatic ring is 1. The SMILES string of the molecule is COC(=O)NC1CCN(CCCn2ccc(N)n2)C1. The molecule has 0 aromatic carbocycles. The number of likely N-dealkylation sites (tertiary alicyclic amines) is 1. The monoisotopic (exact) mass is 267 g/mol. The number of hydrogen-bond acceptors (Lipinski definition) is 5. The van der Waals surface area contributed by atoms with E-state index < -0.39 is 0 Å². The number of nitrogens with zero attached hydrogens (tertiary/aromatic N) is 3. The Bertz CT molecular complexity index is 420. The highest BCUT2D eigenvalue weighted by Crippen LogP contribution is 2.10. The van der Waals surface area contributed by atoms with Crippen molar-refractivity contribution in [1.82, 2.24) is 20.0 Å². The summed E-state index contributed by atoms with van der Waals surface area (Å²) in [6.45, 7) is 3.76. The minimum atomic E-state index is -0.348. The van der Waals surface area contributed by atoms with Gasteiger partial charge in [0.05, 0.1) is 7.11 Å². The molecule has 1 unspecified atom stereocenters. The van der Waals surface area contributed by atoms with Crippen molar-refractivity contribution in [2.75, 3.05) is 32.5 Å². The zero-order valence-corrected chi connectivity index (χ0v) is 11.2. The van der Waals surface area contributed by atoms with E-state index in [2.05, 4.69) is 20.1 Å². The third kappa shape index (κ3) is 4.13. The maximum atomic E-state index is 11.1. The molecule has 7 nitrogen and oxygen atoms in total. The zero-order valence-electron chi connectivity index (χ0n) is 11.2. The van der Waals surface area contributed by atoms with Gasteiger partial charge in [0.2, 0.25) is 0 Å². The number of methoxy groups -OCH3 is 1. The van der Waals surface area contributed by atoms with Gasteiger partial charge in [-0.25, -0.2) is 4.79 Å². The van der Waals surface area contributed by atoms with Crippen LogP contribution in [0.2, 0.25) is 0 Å². The van der Waals surface area contributed by atoms with Crippen LogP contribution in [0.15, 0.2) is 12.3 Å². The normalized spacial score (nSPS) is 19.5. The lowest BCUT2D eigenvalue weighted by Gasteiger charge is -2.16. The molecule has 2 heterocycles. The van der Waals surface area contributed by atoms with Crippen molar-refractivity contribution in [2.24, 2.45) is 0 Å². The first kappa shape index (κ1) is 13.7. The summed E-state index contributed by atoms with van der Waals surface area (Å²) in [4.78, 5) is 13.4. The van der Waals surface area contributed by atoms with Crippen molar-refractivity contribution in [1.29, 1.82) is 0 Å². The molecule has 19 heavy (non-hydrogen) atoms. The molecule has 1 fully saturated rings. The predicted octanol–water partition coefficient (Wildman–Crippen LogP) is 0.286. The number of nitrogens with one attached hydrogen (secondary N) is 1. The topological polar surface area (TPSA) is 85.4 Å². The van der Waals surface area contributed by atoms with Crippen molar-refractivity contribution >= 4 is 11.9 Å². The summed E-state index contributed by atoms with van der Waals surface area (Å²) in [5, 5.41) is 6.98. The number of rotatable bonds is 5. The molecule has 2 rings (SSSR count). The maximum absolute atomic E-state index is 11.1. The van der Waals surface area contributed by atoms with Crippen LogP contribution in [0, 0.1) is 0 Å². The Labute approximate surface area is 112 Å². The van der Waals surface area contributed by atoms with E-state index in [1.807, 2.05) is 10.9 Å². The van der Waals surface area contributed by atoms with Gasteiger partial charge in [0, 0.05) is 31.9 Å². The van der Waals surface area contributed by atoms with Crippen LogP contribution in [0.5, 0.6) is 0 Å². The number of hydrogen-bond donors (Lipinski definition) is 2. The highest BCUT2D eigenvalue weighted by atomic mass is 16.5. The van der Waals surface area contributed by atoms with Crippen LogP contribution in [-0.4, -0.2) is 53.6 Å². The number of ether oxygens (including phenoxy) is 1. The number of carbonyl (C=O) groups is 1. The summed E-state index contributed by atoms with van der Waals surface area (Å²) in [6, 6.07) is 2.00. The summed E-state index contributed by atoms with van der Waals surface area (Å²) >= 11 is 0. The highest BCUT2D eigenvalue weighted by molar-refractivity contribution is 5.67. The average Bonchev–Trinajstić information content (AvgIpc) is 2.99. The molecule has 1 aliphatic rings. The average molecular weight is 267 g/mol. The summed E-state index contributed by atoms with van der Waals surface area (Å²) in [6.07, 6.45) is 3.54. The van der Waals surface area contributed by atoms with Gasteiger partial charge >= 0.3 is 6.09 Å². The molecule has 0 bridgehead atoms. The van der Waals surface area contributed by atoms with E-state index in [0.29, 0.717) is 5.82 Å². The number of alkyl carbamates (subject to hydrolysis) is 1. The predicted molar refractivity (Wildman–Crippen MR) is 71.6 cm³/mol. The maximum Gasteiger partial charge on any atom is 0.407 e. The first-order chi connectivity index (χ1) is 9.17. The standard InChI is InChI=1S/C12H21N5O2/c1-19-12(18)14-10-3-7-16(9-10)5-2-6-17-8-4-11(13)15-17/h4,8,10H,2-3,5-7,9H2,1H3,(H2,13,15)(H,14,18). The minimum Gasteiger partial charge on any atom is -0.453 e. The molecule has 3 N–H and O–H groups in total. The van der Waals surface area contributed by atoms with E-state index in [1.54, 1.807) is 6.07 Å². The Morgan fingerprint density at radius 2 is 2.47 bits per heavy atom. The highest BCUT2D eigenvalue weighted by Gasteiger charge is 2.23. The lowest BCUT2D eigenvalue weighted by atomic mass is 10.3. The molecule has 1 aromatic rings. The quantitative estimate of drug-likeness (QED) is 0.800. The van der Waals surface area contributed by atoms with Crippen LogP contribution in [0.3, 0.4) is 0 Å². The summed E-state index contributed by atoms with van der Waals surface area (Å²) < 4.78 is 6.45. The Kier molecular flexibility index (Phi) is 4.62. The molecule has 1 aromatic heterocycles. The second-order valence-electron chi connectivity index (χ2n) is 4.78. The van der Waals surface area contributed by atoms with Crippen molar-refractivity contribution in [3.05, 3.63) is 12.3 Å². The van der Waals surface area contributed by atoms with E-state index in [-0.39, 0.29) is 12.1 Å². The fraction of sp³-hybridized carbons (Fsp3) is 0.667. The third-order valence-electron chi connectivity index (χ3n) is 3.30. The van der Waals surface area contributed by atoms with E-state index in [0.717, 1.165) is 39.0 Å². The van der Waals surface area contributed by atoms with Gasteiger partial charge in [0.1, 0.15) is 5.82 Å². The molecule has 0 spiro atoms. The number of aryl methyl sites for hydroxylation is 1. The fourth-order valence-electron chi connectivity index (χ4n) is 2.34. The van der Waals surface area contributed by atoms with Crippen LogP contribution in [0.1, 0.15) is 12.8 Å². The van der Waals surface area contributed by atoms with Crippen molar-refractivity contribution < 1.29 is 9.53 Å². The molecule has 1 amide bonds. The van der Waals surface area contributed by atoms with Gasteiger partial charge in [0.15, 0.2) is 0 Å². The number of amides is 1. The van der Waals surface area contributed by atoms with Gasteiger partial charge in [-0.1, -0.05) is 0 Å². The molecule has 1 atom stereocenters. The number of carbonyl (C=O) groups excluding carboxylic acids is 1. The van der Waals surface area contributed by atoms with Crippen LogP contribution in [-0.2, 0) is 11.3 Å². The Morgan fingerprint density at radius 3 is 3.16 bits per heavy atom. The van der Waals surface area contributed by atoms with E-state index in [4.69, 9.17) is 5.73 Å². The molecule has 1 aliphatic heterocycles. The molecule has 7 heteroatoms.